The maximum atomic E-state index is 11.3. The summed E-state index contributed by atoms with van der Waals surface area (Å²) in [6.07, 6.45) is 8.39. The molecule has 3 rings (SSSR count). The average molecular weight is 420 g/mol. The zero-order valence-corrected chi connectivity index (χ0v) is 18.1. The molecule has 0 amide bonds. The van der Waals surface area contributed by atoms with Gasteiger partial charge in [-0.05, 0) is 18.6 Å². The lowest BCUT2D eigenvalue weighted by Gasteiger charge is -2.29. The fourth-order valence-corrected chi connectivity index (χ4v) is 4.12. The Morgan fingerprint density at radius 3 is 2.69 bits per heavy atom. The molecule has 29 heavy (non-hydrogen) atoms. The molecule has 1 atom stereocenters. The number of ether oxygens (including phenoxy) is 1. The van der Waals surface area contributed by atoms with E-state index in [1.165, 1.54) is 19.1 Å². The van der Waals surface area contributed by atoms with Crippen LogP contribution in [0.1, 0.15) is 39.0 Å². The molecule has 158 valence electrons. The minimum atomic E-state index is -3.04. The first-order chi connectivity index (χ1) is 13.8. The van der Waals surface area contributed by atoms with Gasteiger partial charge in [-0.2, -0.15) is 15.4 Å². The highest BCUT2D eigenvalue weighted by atomic mass is 32.2. The maximum Gasteiger partial charge on any atom is 0.228 e. The Morgan fingerprint density at radius 2 is 1.93 bits per heavy atom. The minimum absolute atomic E-state index is 0.0129. The highest BCUT2D eigenvalue weighted by Gasteiger charge is 2.42. The largest absolute Gasteiger partial charge is 0.374 e. The first-order valence-corrected chi connectivity index (χ1v) is 12.3. The highest BCUT2D eigenvalue weighted by molar-refractivity contribution is 7.90. The molecule has 0 aliphatic carbocycles. The van der Waals surface area contributed by atoms with Crippen LogP contribution in [0, 0.1) is 0 Å². The fourth-order valence-electron chi connectivity index (χ4n) is 3.70. The molecule has 1 aliphatic heterocycles. The van der Waals surface area contributed by atoms with Gasteiger partial charge in [-0.25, -0.2) is 8.42 Å². The Hall–Kier alpha value is -1.87. The molecule has 2 N–H and O–H groups in total. The Kier molecular flexibility index (Phi) is 7.00. The number of nitrogens with zero attached hydrogens (tertiary/aromatic N) is 3. The number of aliphatic imine (C=N–C) groups is 1. The predicted octanol–water partition coefficient (Wildman–Crippen LogP) is 3.49. The third-order valence-corrected chi connectivity index (χ3v) is 6.19. The molecule has 0 spiro atoms. The lowest BCUT2D eigenvalue weighted by molar-refractivity contribution is 0.135. The normalized spacial score (nSPS) is 18.8. The van der Waals surface area contributed by atoms with Crippen LogP contribution in [0.5, 0.6) is 0 Å². The number of pyridine rings is 1. The molecule has 1 aliphatic rings. The third kappa shape index (κ3) is 5.19. The van der Waals surface area contributed by atoms with Crippen LogP contribution in [0.25, 0.3) is 10.9 Å². The second kappa shape index (κ2) is 9.30. The van der Waals surface area contributed by atoms with E-state index < -0.39 is 9.84 Å². The van der Waals surface area contributed by atoms with Crippen molar-refractivity contribution in [2.45, 2.75) is 39.0 Å². The molecule has 0 bridgehead atoms. The van der Waals surface area contributed by atoms with Gasteiger partial charge in [-0.3, -0.25) is 4.98 Å². The Morgan fingerprint density at radius 1 is 1.14 bits per heavy atom. The monoisotopic (exact) mass is 419 g/mol. The number of fused-ring (bicyclic) bond motifs is 3. The van der Waals surface area contributed by atoms with Crippen LogP contribution in [-0.4, -0.2) is 51.0 Å². The number of benzene rings is 1. The molecule has 1 aromatic heterocycles. The van der Waals surface area contributed by atoms with E-state index in [0.717, 1.165) is 47.4 Å². The molecule has 2 aromatic rings. The number of aromatic nitrogens is 1. The van der Waals surface area contributed by atoms with E-state index >= 15 is 0 Å². The lowest BCUT2D eigenvalue weighted by atomic mass is 10.1. The van der Waals surface area contributed by atoms with Crippen LogP contribution in [0.15, 0.2) is 35.5 Å². The SMILES string of the molecule is CCCCCCC1=Nc2cnc3ccccc3c2[N+]1(N)CCOCCS(C)(=O)=O. The van der Waals surface area contributed by atoms with Gasteiger partial charge < -0.3 is 4.74 Å². The Bertz CT molecular complexity index is 991. The van der Waals surface area contributed by atoms with Crippen molar-refractivity contribution >= 4 is 38.0 Å². The molecule has 0 saturated heterocycles. The van der Waals surface area contributed by atoms with Crippen LogP contribution in [0.3, 0.4) is 0 Å². The molecule has 0 fully saturated rings. The van der Waals surface area contributed by atoms with Crippen molar-refractivity contribution in [2.75, 3.05) is 31.8 Å². The topological polar surface area (TPSA) is 94.6 Å². The van der Waals surface area contributed by atoms with Gasteiger partial charge in [0.2, 0.25) is 5.84 Å². The molecular weight excluding hydrogens is 388 g/mol. The van der Waals surface area contributed by atoms with E-state index in [2.05, 4.69) is 11.9 Å². The fraction of sp³-hybridized carbons (Fsp3) is 0.524. The van der Waals surface area contributed by atoms with Crippen molar-refractivity contribution in [1.29, 1.82) is 0 Å². The number of amidine groups is 1. The quantitative estimate of drug-likeness (QED) is 0.342. The summed E-state index contributed by atoms with van der Waals surface area (Å²) < 4.78 is 28.3. The van der Waals surface area contributed by atoms with Crippen molar-refractivity contribution in [3.05, 3.63) is 30.5 Å². The number of nitrogens with two attached hydrogens (primary N) is 1. The van der Waals surface area contributed by atoms with Crippen molar-refractivity contribution in [3.63, 3.8) is 0 Å². The van der Waals surface area contributed by atoms with E-state index in [1.807, 2.05) is 24.3 Å². The number of hydrogen-bond acceptors (Lipinski definition) is 6. The first-order valence-electron chi connectivity index (χ1n) is 10.2. The van der Waals surface area contributed by atoms with Crippen LogP contribution in [0.4, 0.5) is 11.4 Å². The number of quaternary nitrogens is 1. The summed E-state index contributed by atoms with van der Waals surface area (Å²) in [5.41, 5.74) is 2.65. The van der Waals surface area contributed by atoms with E-state index in [4.69, 9.17) is 15.6 Å². The molecule has 8 heteroatoms. The predicted molar refractivity (Wildman–Crippen MR) is 119 cm³/mol. The van der Waals surface area contributed by atoms with Crippen LogP contribution >= 0.6 is 0 Å². The molecule has 7 nitrogen and oxygen atoms in total. The molecule has 1 unspecified atom stereocenters. The van der Waals surface area contributed by atoms with Gasteiger partial charge in [-0.1, -0.05) is 38.3 Å². The first kappa shape index (κ1) is 21.8. The minimum Gasteiger partial charge on any atom is -0.374 e. The highest BCUT2D eigenvalue weighted by Crippen LogP contribution is 2.43. The summed E-state index contributed by atoms with van der Waals surface area (Å²) in [6.45, 7) is 3.22. The standard InChI is InChI=1S/C21H31N4O3S/c1-3-4-5-6-11-20-24-19-16-23-18-10-8-7-9-17(18)21(19)25(20,22)12-13-28-14-15-29(2,26)27/h7-10,16H,3-6,11-15,22H2,1-2H3/q+1. The second-order valence-corrected chi connectivity index (χ2v) is 9.94. The maximum absolute atomic E-state index is 11.3. The number of para-hydroxylation sites is 1. The average Bonchev–Trinajstić information content (AvgIpc) is 2.96. The number of rotatable bonds is 11. The summed E-state index contributed by atoms with van der Waals surface area (Å²) in [5.74, 6) is 7.87. The van der Waals surface area contributed by atoms with Crippen LogP contribution < -0.4 is 10.4 Å². The van der Waals surface area contributed by atoms with Gasteiger partial charge in [0.25, 0.3) is 0 Å². The smallest absolute Gasteiger partial charge is 0.228 e. The molecular formula is C21H31N4O3S+. The Balaban J connectivity index is 1.81. The number of hydrogen-bond donors (Lipinski definition) is 1. The summed E-state index contributed by atoms with van der Waals surface area (Å²) >= 11 is 0. The van der Waals surface area contributed by atoms with Crippen LogP contribution in [0.2, 0.25) is 0 Å². The molecule has 2 heterocycles. The van der Waals surface area contributed by atoms with Crippen molar-refractivity contribution in [2.24, 2.45) is 10.8 Å². The zero-order chi connectivity index (χ0) is 20.9. The summed E-state index contributed by atoms with van der Waals surface area (Å²) in [5, 5.41) is 0.996. The lowest BCUT2D eigenvalue weighted by Crippen LogP contribution is -2.60. The van der Waals surface area contributed by atoms with E-state index in [-0.39, 0.29) is 17.0 Å². The molecule has 0 saturated carbocycles. The van der Waals surface area contributed by atoms with Gasteiger partial charge in [0, 0.05) is 12.7 Å². The third-order valence-electron chi connectivity index (χ3n) is 5.28. The van der Waals surface area contributed by atoms with Gasteiger partial charge >= 0.3 is 0 Å². The second-order valence-electron chi connectivity index (χ2n) is 7.68. The van der Waals surface area contributed by atoms with Gasteiger partial charge in [0.1, 0.15) is 16.4 Å². The van der Waals surface area contributed by atoms with Crippen molar-refractivity contribution in [1.82, 2.24) is 9.58 Å². The molecule has 0 radical (unpaired) electrons. The van der Waals surface area contributed by atoms with Crippen molar-refractivity contribution < 1.29 is 13.2 Å². The summed E-state index contributed by atoms with van der Waals surface area (Å²) in [7, 11) is -3.04. The van der Waals surface area contributed by atoms with Gasteiger partial charge in [-0.15, -0.1) is 0 Å². The summed E-state index contributed by atoms with van der Waals surface area (Å²) in [6, 6.07) is 7.95. The van der Waals surface area contributed by atoms with E-state index in [0.29, 0.717) is 13.2 Å². The van der Waals surface area contributed by atoms with Gasteiger partial charge in [0.05, 0.1) is 36.1 Å². The number of sulfone groups is 1. The van der Waals surface area contributed by atoms with E-state index in [9.17, 15) is 8.42 Å². The Labute approximate surface area is 173 Å². The summed E-state index contributed by atoms with van der Waals surface area (Å²) in [4.78, 5) is 9.37. The van der Waals surface area contributed by atoms with E-state index in [1.54, 1.807) is 6.20 Å². The molecule has 1 aromatic carbocycles. The zero-order valence-electron chi connectivity index (χ0n) is 17.3. The van der Waals surface area contributed by atoms with Crippen molar-refractivity contribution in [3.8, 4) is 0 Å². The van der Waals surface area contributed by atoms with Gasteiger partial charge in [0.15, 0.2) is 11.4 Å². The number of unbranched alkanes of at least 4 members (excludes halogenated alkanes) is 3. The van der Waals surface area contributed by atoms with Crippen LogP contribution in [-0.2, 0) is 14.6 Å².